The van der Waals surface area contributed by atoms with E-state index in [-0.39, 0.29) is 5.39 Å². The fourth-order valence-corrected chi connectivity index (χ4v) is 7.05. The molecule has 36 heavy (non-hydrogen) atoms. The van der Waals surface area contributed by atoms with Gasteiger partial charge in [0.2, 0.25) is 0 Å². The third kappa shape index (κ3) is 4.70. The summed E-state index contributed by atoms with van der Waals surface area (Å²) in [7, 11) is 0. The quantitative estimate of drug-likeness (QED) is 0.269. The Morgan fingerprint density at radius 1 is 0.889 bits per heavy atom. The minimum Gasteiger partial charge on any atom is -0.254 e. The molecule has 1 aliphatic rings. The standard InChI is InChI=1S/C31H32F3NS/c1-18-14-19(2)16-24(15-18)27-29-26(25(17-35-27)31(32,33)34)20(3)28(36-29)23-8-6-21(7-9-23)22-10-12-30(4,5)13-11-22/h6-9,14-17,22H,10-13H2,1-5H3. The molecule has 0 radical (unpaired) electrons. The number of aryl methyl sites for hydroxylation is 3. The average Bonchev–Trinajstić information content (AvgIpc) is 3.14. The van der Waals surface area contributed by atoms with Crippen LogP contribution in [0.2, 0.25) is 0 Å². The Morgan fingerprint density at radius 2 is 1.50 bits per heavy atom. The molecule has 2 aromatic heterocycles. The van der Waals surface area contributed by atoms with Gasteiger partial charge in [0.05, 0.1) is 16.0 Å². The van der Waals surface area contributed by atoms with E-state index in [0.717, 1.165) is 33.3 Å². The number of hydrogen-bond acceptors (Lipinski definition) is 2. The molecule has 1 aliphatic carbocycles. The molecule has 0 N–H and O–H groups in total. The zero-order valence-corrected chi connectivity index (χ0v) is 22.3. The van der Waals surface area contributed by atoms with Crippen LogP contribution in [0.15, 0.2) is 48.7 Å². The first-order valence-corrected chi connectivity index (χ1v) is 13.4. The topological polar surface area (TPSA) is 12.9 Å². The van der Waals surface area contributed by atoms with Gasteiger partial charge in [0.25, 0.3) is 0 Å². The minimum atomic E-state index is -4.46. The second-order valence-corrected chi connectivity index (χ2v) is 12.2. The van der Waals surface area contributed by atoms with Crippen molar-refractivity contribution in [3.63, 3.8) is 0 Å². The summed E-state index contributed by atoms with van der Waals surface area (Å²) >= 11 is 1.42. The van der Waals surface area contributed by atoms with Gasteiger partial charge in [0.15, 0.2) is 0 Å². The van der Waals surface area contributed by atoms with Crippen molar-refractivity contribution in [2.75, 3.05) is 0 Å². The molecule has 0 atom stereocenters. The van der Waals surface area contributed by atoms with E-state index in [1.807, 2.05) is 32.9 Å². The predicted octanol–water partition coefficient (Wildman–Crippen LogP) is 10.3. The minimum absolute atomic E-state index is 0.269. The Bertz CT molecular complexity index is 1400. The van der Waals surface area contributed by atoms with E-state index < -0.39 is 11.7 Å². The van der Waals surface area contributed by atoms with Crippen molar-refractivity contribution in [2.24, 2.45) is 5.41 Å². The van der Waals surface area contributed by atoms with E-state index in [9.17, 15) is 13.2 Å². The van der Waals surface area contributed by atoms with Crippen LogP contribution in [0.5, 0.6) is 0 Å². The van der Waals surface area contributed by atoms with Crippen molar-refractivity contribution in [2.45, 2.75) is 72.4 Å². The fourth-order valence-electron chi connectivity index (χ4n) is 5.70. The van der Waals surface area contributed by atoms with Crippen LogP contribution in [0.25, 0.3) is 31.8 Å². The lowest BCUT2D eigenvalue weighted by Crippen LogP contribution is -2.20. The van der Waals surface area contributed by atoms with Crippen LogP contribution >= 0.6 is 11.3 Å². The molecule has 2 aromatic carbocycles. The van der Waals surface area contributed by atoms with Gasteiger partial charge in [0, 0.05) is 22.0 Å². The van der Waals surface area contributed by atoms with Crippen LogP contribution in [0.4, 0.5) is 13.2 Å². The Balaban J connectivity index is 1.61. The highest BCUT2D eigenvalue weighted by atomic mass is 32.1. The van der Waals surface area contributed by atoms with E-state index in [1.165, 1.54) is 42.6 Å². The smallest absolute Gasteiger partial charge is 0.254 e. The molecule has 0 saturated heterocycles. The monoisotopic (exact) mass is 507 g/mol. The Kier molecular flexibility index (Phi) is 6.27. The molecule has 0 aliphatic heterocycles. The first-order valence-electron chi connectivity index (χ1n) is 12.6. The first-order chi connectivity index (χ1) is 16.9. The summed E-state index contributed by atoms with van der Waals surface area (Å²) < 4.78 is 42.7. The summed E-state index contributed by atoms with van der Waals surface area (Å²) in [5.41, 5.74) is 6.33. The van der Waals surface area contributed by atoms with Gasteiger partial charge in [-0.2, -0.15) is 13.2 Å². The second-order valence-electron chi connectivity index (χ2n) is 11.2. The summed E-state index contributed by atoms with van der Waals surface area (Å²) in [5, 5.41) is 0.269. The number of rotatable bonds is 3. The third-order valence-electron chi connectivity index (χ3n) is 7.74. The molecular weight excluding hydrogens is 475 g/mol. The van der Waals surface area contributed by atoms with E-state index >= 15 is 0 Å². The zero-order chi connectivity index (χ0) is 25.8. The SMILES string of the molecule is Cc1cc(C)cc(-c2ncc(C(F)(F)F)c3c(C)c(-c4ccc(C5CCC(C)(C)CC5)cc4)sc23)c1. The van der Waals surface area contributed by atoms with Gasteiger partial charge in [-0.3, -0.25) is 4.98 Å². The summed E-state index contributed by atoms with van der Waals surface area (Å²) in [6.45, 7) is 10.5. The van der Waals surface area contributed by atoms with E-state index in [2.05, 4.69) is 49.2 Å². The summed E-state index contributed by atoms with van der Waals surface area (Å²) in [6.07, 6.45) is 1.37. The Labute approximate surface area is 215 Å². The van der Waals surface area contributed by atoms with Crippen molar-refractivity contribution < 1.29 is 13.2 Å². The van der Waals surface area contributed by atoms with Crippen molar-refractivity contribution in [1.29, 1.82) is 0 Å². The van der Waals surface area contributed by atoms with Gasteiger partial charge in [-0.25, -0.2) is 0 Å². The average molecular weight is 508 g/mol. The molecule has 1 saturated carbocycles. The molecule has 0 unspecified atom stereocenters. The van der Waals surface area contributed by atoms with Crippen molar-refractivity contribution >= 4 is 21.4 Å². The van der Waals surface area contributed by atoms with Crippen LogP contribution in [-0.2, 0) is 6.18 Å². The second kappa shape index (κ2) is 9.02. The van der Waals surface area contributed by atoms with Gasteiger partial charge in [0.1, 0.15) is 0 Å². The van der Waals surface area contributed by atoms with Crippen LogP contribution in [0.1, 0.15) is 73.3 Å². The third-order valence-corrected chi connectivity index (χ3v) is 9.09. The number of fused-ring (bicyclic) bond motifs is 1. The highest BCUT2D eigenvalue weighted by Crippen LogP contribution is 2.48. The zero-order valence-electron chi connectivity index (χ0n) is 21.5. The van der Waals surface area contributed by atoms with Gasteiger partial charge >= 0.3 is 6.18 Å². The number of nitrogens with zero attached hydrogens (tertiary/aromatic N) is 1. The number of halogens is 3. The molecule has 5 rings (SSSR count). The molecule has 5 heteroatoms. The Morgan fingerprint density at radius 3 is 2.08 bits per heavy atom. The lowest BCUT2D eigenvalue weighted by atomic mass is 9.71. The van der Waals surface area contributed by atoms with E-state index in [0.29, 0.717) is 27.3 Å². The highest BCUT2D eigenvalue weighted by Gasteiger charge is 2.36. The maximum absolute atomic E-state index is 14.0. The normalized spacial score (nSPS) is 16.6. The first kappa shape index (κ1) is 25.0. The number of pyridine rings is 1. The molecule has 2 heterocycles. The molecule has 1 nitrogen and oxygen atoms in total. The molecule has 1 fully saturated rings. The Hall–Kier alpha value is -2.66. The molecule has 0 bridgehead atoms. The molecular formula is C31H32F3NS. The summed E-state index contributed by atoms with van der Waals surface area (Å²) in [6, 6.07) is 14.6. The maximum Gasteiger partial charge on any atom is 0.418 e. The van der Waals surface area contributed by atoms with Crippen LogP contribution in [0, 0.1) is 26.2 Å². The number of aromatic nitrogens is 1. The van der Waals surface area contributed by atoms with Crippen molar-refractivity contribution in [3.8, 4) is 21.7 Å². The maximum atomic E-state index is 14.0. The van der Waals surface area contributed by atoms with Gasteiger partial charge in [-0.15, -0.1) is 11.3 Å². The summed E-state index contributed by atoms with van der Waals surface area (Å²) in [4.78, 5) is 5.23. The number of thiophene rings is 1. The van der Waals surface area contributed by atoms with Crippen LogP contribution in [0.3, 0.4) is 0 Å². The highest BCUT2D eigenvalue weighted by molar-refractivity contribution is 7.23. The van der Waals surface area contributed by atoms with E-state index in [4.69, 9.17) is 0 Å². The van der Waals surface area contributed by atoms with Crippen molar-refractivity contribution in [3.05, 3.63) is 76.5 Å². The van der Waals surface area contributed by atoms with Crippen molar-refractivity contribution in [1.82, 2.24) is 4.98 Å². The number of alkyl halides is 3. The number of benzene rings is 2. The van der Waals surface area contributed by atoms with Gasteiger partial charge in [-0.1, -0.05) is 55.3 Å². The van der Waals surface area contributed by atoms with Crippen LogP contribution in [-0.4, -0.2) is 4.98 Å². The van der Waals surface area contributed by atoms with E-state index in [1.54, 1.807) is 0 Å². The molecule has 0 spiro atoms. The van der Waals surface area contributed by atoms with Gasteiger partial charge in [-0.05, 0) is 86.6 Å². The predicted molar refractivity (Wildman–Crippen MR) is 145 cm³/mol. The lowest BCUT2D eigenvalue weighted by molar-refractivity contribution is -0.136. The molecule has 0 amide bonds. The number of hydrogen-bond donors (Lipinski definition) is 0. The lowest BCUT2D eigenvalue weighted by Gasteiger charge is -2.34. The largest absolute Gasteiger partial charge is 0.418 e. The van der Waals surface area contributed by atoms with Gasteiger partial charge < -0.3 is 0 Å². The molecule has 188 valence electrons. The fraction of sp³-hybridized carbons (Fsp3) is 0.387. The summed E-state index contributed by atoms with van der Waals surface area (Å²) in [5.74, 6) is 0.563. The molecule has 4 aromatic rings. The van der Waals surface area contributed by atoms with Crippen LogP contribution < -0.4 is 0 Å².